The Bertz CT molecular complexity index is 203. The predicted molar refractivity (Wildman–Crippen MR) is 53.2 cm³/mol. The van der Waals surface area contributed by atoms with Crippen LogP contribution in [0.2, 0.25) is 0 Å². The van der Waals surface area contributed by atoms with E-state index in [4.69, 9.17) is 5.73 Å². The molecule has 2 rings (SSSR count). The average molecular weight is 183 g/mol. The molecule has 0 aromatic rings. The molecule has 0 radical (unpaired) electrons. The molecule has 0 bridgehead atoms. The summed E-state index contributed by atoms with van der Waals surface area (Å²) in [4.78, 5) is 0. The van der Waals surface area contributed by atoms with E-state index < -0.39 is 5.60 Å². The molecule has 3 unspecified atom stereocenters. The minimum absolute atomic E-state index is 0.0580. The van der Waals surface area contributed by atoms with E-state index in [1.807, 2.05) is 6.92 Å². The Labute approximate surface area is 80.5 Å². The van der Waals surface area contributed by atoms with Gasteiger partial charge in [0.25, 0.3) is 0 Å². The van der Waals surface area contributed by atoms with E-state index in [2.05, 4.69) is 6.92 Å². The van der Waals surface area contributed by atoms with Crippen molar-refractivity contribution in [3.8, 4) is 0 Å². The van der Waals surface area contributed by atoms with Crippen LogP contribution in [-0.2, 0) is 0 Å². The maximum Gasteiger partial charge on any atom is 0.0718 e. The molecule has 0 aromatic carbocycles. The lowest BCUT2D eigenvalue weighted by molar-refractivity contribution is -0.127. The van der Waals surface area contributed by atoms with E-state index in [-0.39, 0.29) is 5.41 Å². The minimum Gasteiger partial charge on any atom is -0.389 e. The van der Waals surface area contributed by atoms with Crippen molar-refractivity contribution in [3.63, 3.8) is 0 Å². The fourth-order valence-corrected chi connectivity index (χ4v) is 3.02. The SMILES string of the molecule is CC1CC1C(C)(O)C1(CN)CCC1. The van der Waals surface area contributed by atoms with Gasteiger partial charge in [0, 0.05) is 12.0 Å². The minimum atomic E-state index is -0.501. The van der Waals surface area contributed by atoms with Crippen LogP contribution in [0.15, 0.2) is 0 Å². The van der Waals surface area contributed by atoms with Gasteiger partial charge in [-0.1, -0.05) is 13.3 Å². The molecule has 13 heavy (non-hydrogen) atoms. The van der Waals surface area contributed by atoms with E-state index in [1.54, 1.807) is 0 Å². The van der Waals surface area contributed by atoms with Crippen molar-refractivity contribution < 1.29 is 5.11 Å². The van der Waals surface area contributed by atoms with Crippen molar-refractivity contribution in [2.75, 3.05) is 6.54 Å². The second kappa shape index (κ2) is 2.71. The highest BCUT2D eigenvalue weighted by Gasteiger charge is 2.59. The Hall–Kier alpha value is -0.0800. The van der Waals surface area contributed by atoms with Gasteiger partial charge in [-0.2, -0.15) is 0 Å². The fraction of sp³-hybridized carbons (Fsp3) is 1.00. The van der Waals surface area contributed by atoms with Crippen LogP contribution in [0.1, 0.15) is 39.5 Å². The molecule has 2 saturated carbocycles. The lowest BCUT2D eigenvalue weighted by atomic mass is 9.57. The summed E-state index contributed by atoms with van der Waals surface area (Å²) in [6.45, 7) is 4.89. The van der Waals surface area contributed by atoms with Gasteiger partial charge in [-0.3, -0.25) is 0 Å². The molecule has 2 aliphatic rings. The molecule has 0 aliphatic heterocycles. The van der Waals surface area contributed by atoms with Gasteiger partial charge in [-0.15, -0.1) is 0 Å². The summed E-state index contributed by atoms with van der Waals surface area (Å²) in [5.74, 6) is 1.22. The van der Waals surface area contributed by atoms with Crippen molar-refractivity contribution in [1.82, 2.24) is 0 Å². The fourth-order valence-electron chi connectivity index (χ4n) is 3.02. The van der Waals surface area contributed by atoms with E-state index in [0.717, 1.165) is 12.8 Å². The van der Waals surface area contributed by atoms with Crippen LogP contribution in [0, 0.1) is 17.3 Å². The van der Waals surface area contributed by atoms with Crippen molar-refractivity contribution in [2.24, 2.45) is 23.0 Å². The Morgan fingerprint density at radius 3 is 2.31 bits per heavy atom. The second-order valence-electron chi connectivity index (χ2n) is 5.31. The van der Waals surface area contributed by atoms with Crippen molar-refractivity contribution in [1.29, 1.82) is 0 Å². The summed E-state index contributed by atoms with van der Waals surface area (Å²) in [6, 6.07) is 0. The number of aliphatic hydroxyl groups is 1. The molecule has 0 aromatic heterocycles. The standard InChI is InChI=1S/C11H21NO/c1-8-6-9(8)10(2,13)11(7-12)4-3-5-11/h8-9,13H,3-7,12H2,1-2H3. The third-order valence-electron chi connectivity index (χ3n) is 4.61. The Morgan fingerprint density at radius 1 is 1.54 bits per heavy atom. The smallest absolute Gasteiger partial charge is 0.0718 e. The largest absolute Gasteiger partial charge is 0.389 e. The summed E-state index contributed by atoms with van der Waals surface area (Å²) < 4.78 is 0. The number of hydrogen-bond acceptors (Lipinski definition) is 2. The van der Waals surface area contributed by atoms with Gasteiger partial charge in [0.2, 0.25) is 0 Å². The second-order valence-corrected chi connectivity index (χ2v) is 5.31. The first-order valence-electron chi connectivity index (χ1n) is 5.46. The summed E-state index contributed by atoms with van der Waals surface area (Å²) >= 11 is 0. The van der Waals surface area contributed by atoms with Crippen LogP contribution in [-0.4, -0.2) is 17.3 Å². The zero-order chi connectivity index (χ0) is 9.69. The topological polar surface area (TPSA) is 46.2 Å². The normalized spacial score (nSPS) is 40.6. The van der Waals surface area contributed by atoms with Gasteiger partial charge >= 0.3 is 0 Å². The molecule has 0 amide bonds. The molecule has 3 N–H and O–H groups in total. The lowest BCUT2D eigenvalue weighted by Gasteiger charge is -2.52. The average Bonchev–Trinajstić information content (AvgIpc) is 2.65. The number of rotatable bonds is 3. The maximum absolute atomic E-state index is 10.5. The van der Waals surface area contributed by atoms with Gasteiger partial charge in [-0.25, -0.2) is 0 Å². The zero-order valence-corrected chi connectivity index (χ0v) is 8.71. The Balaban J connectivity index is 2.12. The molecular weight excluding hydrogens is 162 g/mol. The first-order valence-corrected chi connectivity index (χ1v) is 5.46. The number of hydrogen-bond donors (Lipinski definition) is 2. The number of nitrogens with two attached hydrogens (primary N) is 1. The van der Waals surface area contributed by atoms with E-state index >= 15 is 0 Å². The van der Waals surface area contributed by atoms with Crippen molar-refractivity contribution >= 4 is 0 Å². The summed E-state index contributed by atoms with van der Waals surface area (Å²) in [7, 11) is 0. The molecule has 0 heterocycles. The maximum atomic E-state index is 10.5. The van der Waals surface area contributed by atoms with Crippen molar-refractivity contribution in [2.45, 2.75) is 45.1 Å². The van der Waals surface area contributed by atoms with E-state index in [1.165, 1.54) is 12.8 Å². The quantitative estimate of drug-likeness (QED) is 0.697. The van der Waals surface area contributed by atoms with Crippen LogP contribution >= 0.6 is 0 Å². The van der Waals surface area contributed by atoms with Crippen LogP contribution in [0.4, 0.5) is 0 Å². The van der Waals surface area contributed by atoms with Crippen LogP contribution < -0.4 is 5.73 Å². The first kappa shape index (κ1) is 9.47. The highest BCUT2D eigenvalue weighted by molar-refractivity contribution is 5.10. The van der Waals surface area contributed by atoms with Crippen LogP contribution in [0.25, 0.3) is 0 Å². The van der Waals surface area contributed by atoms with Gasteiger partial charge in [0.15, 0.2) is 0 Å². The summed E-state index contributed by atoms with van der Waals surface area (Å²) in [5.41, 5.74) is 5.36. The summed E-state index contributed by atoms with van der Waals surface area (Å²) in [6.07, 6.45) is 4.68. The third kappa shape index (κ3) is 1.15. The molecular formula is C11H21NO. The molecule has 2 heteroatoms. The molecule has 76 valence electrons. The summed E-state index contributed by atoms with van der Waals surface area (Å²) in [5, 5.41) is 10.5. The highest BCUT2D eigenvalue weighted by atomic mass is 16.3. The molecule has 2 nitrogen and oxygen atoms in total. The van der Waals surface area contributed by atoms with Crippen molar-refractivity contribution in [3.05, 3.63) is 0 Å². The molecule has 0 saturated heterocycles. The molecule has 0 spiro atoms. The molecule has 3 atom stereocenters. The third-order valence-corrected chi connectivity index (χ3v) is 4.61. The molecule has 2 fully saturated rings. The predicted octanol–water partition coefficient (Wildman–Crippen LogP) is 1.52. The Morgan fingerprint density at radius 2 is 2.08 bits per heavy atom. The zero-order valence-electron chi connectivity index (χ0n) is 8.71. The van der Waals surface area contributed by atoms with Crippen LogP contribution in [0.3, 0.4) is 0 Å². The van der Waals surface area contributed by atoms with Crippen LogP contribution in [0.5, 0.6) is 0 Å². The van der Waals surface area contributed by atoms with Gasteiger partial charge in [0.1, 0.15) is 0 Å². The van der Waals surface area contributed by atoms with E-state index in [9.17, 15) is 5.11 Å². The van der Waals surface area contributed by atoms with Gasteiger partial charge in [-0.05, 0) is 38.0 Å². The van der Waals surface area contributed by atoms with Gasteiger partial charge < -0.3 is 10.8 Å². The molecule has 2 aliphatic carbocycles. The highest BCUT2D eigenvalue weighted by Crippen LogP contribution is 2.59. The monoisotopic (exact) mass is 183 g/mol. The van der Waals surface area contributed by atoms with Gasteiger partial charge in [0.05, 0.1) is 5.60 Å². The first-order chi connectivity index (χ1) is 6.03. The van der Waals surface area contributed by atoms with E-state index in [0.29, 0.717) is 18.4 Å². The lowest BCUT2D eigenvalue weighted by Crippen LogP contribution is -2.56. The Kier molecular flexibility index (Phi) is 1.97.